The molecule has 0 spiro atoms. The normalized spacial score (nSPS) is 10.3. The summed E-state index contributed by atoms with van der Waals surface area (Å²) >= 11 is 9.79. The van der Waals surface area contributed by atoms with Gasteiger partial charge in [0.05, 0.1) is 20.1 Å². The average molecular weight is 453 g/mol. The van der Waals surface area contributed by atoms with Crippen molar-refractivity contribution in [3.63, 3.8) is 0 Å². The Morgan fingerprint density at radius 3 is 2.26 bits per heavy atom. The van der Waals surface area contributed by atoms with E-state index < -0.39 is 4.92 Å². The highest BCUT2D eigenvalue weighted by Gasteiger charge is 2.15. The van der Waals surface area contributed by atoms with Crippen molar-refractivity contribution in [2.75, 3.05) is 0 Å². The van der Waals surface area contributed by atoms with Crippen molar-refractivity contribution < 1.29 is 9.66 Å². The summed E-state index contributed by atoms with van der Waals surface area (Å²) in [4.78, 5) is 14.2. The summed E-state index contributed by atoms with van der Waals surface area (Å²) in [6, 6.07) is 4.50. The van der Waals surface area contributed by atoms with Gasteiger partial charge < -0.3 is 4.74 Å². The number of hydrogen-bond acceptors (Lipinski definition) is 4. The van der Waals surface area contributed by atoms with Crippen LogP contribution < -0.4 is 4.74 Å². The maximum absolute atomic E-state index is 10.7. The van der Waals surface area contributed by atoms with E-state index in [-0.39, 0.29) is 5.69 Å². The van der Waals surface area contributed by atoms with Crippen LogP contribution in [0.4, 0.5) is 5.69 Å². The fourth-order valence-electron chi connectivity index (χ4n) is 1.32. The van der Waals surface area contributed by atoms with Crippen LogP contribution >= 0.6 is 47.8 Å². The van der Waals surface area contributed by atoms with Crippen molar-refractivity contribution in [2.24, 2.45) is 0 Å². The summed E-state index contributed by atoms with van der Waals surface area (Å²) < 4.78 is 7.38. The molecule has 2 aromatic rings. The van der Waals surface area contributed by atoms with Crippen molar-refractivity contribution in [1.82, 2.24) is 4.98 Å². The van der Waals surface area contributed by atoms with E-state index in [0.29, 0.717) is 20.4 Å². The van der Waals surface area contributed by atoms with Crippen molar-refractivity contribution in [3.8, 4) is 11.5 Å². The number of hydrogen-bond donors (Lipinski definition) is 0. The molecule has 1 heterocycles. The molecule has 0 saturated heterocycles. The first-order chi connectivity index (χ1) is 8.97. The Morgan fingerprint density at radius 1 is 1.11 bits per heavy atom. The molecule has 98 valence electrons. The number of rotatable bonds is 3. The van der Waals surface area contributed by atoms with Gasteiger partial charge in [0, 0.05) is 22.8 Å². The Kier molecular flexibility index (Phi) is 4.54. The lowest BCUT2D eigenvalue weighted by molar-refractivity contribution is -0.385. The number of ether oxygens (including phenoxy) is 1. The Bertz CT molecular complexity index is 626. The number of nitrogens with zero attached hydrogens (tertiary/aromatic N) is 2. The highest BCUT2D eigenvalue weighted by Crippen LogP contribution is 2.39. The van der Waals surface area contributed by atoms with Gasteiger partial charge >= 0.3 is 0 Å². The number of nitro groups is 1. The molecular formula is C11H5Br3N2O3. The third kappa shape index (κ3) is 3.52. The molecule has 0 radical (unpaired) electrons. The van der Waals surface area contributed by atoms with Gasteiger partial charge in [-0.2, -0.15) is 0 Å². The van der Waals surface area contributed by atoms with Crippen LogP contribution in [0, 0.1) is 10.1 Å². The van der Waals surface area contributed by atoms with Gasteiger partial charge in [0.25, 0.3) is 5.69 Å². The summed E-state index contributed by atoms with van der Waals surface area (Å²) in [5.74, 6) is 0.968. The largest absolute Gasteiger partial charge is 0.453 e. The molecule has 0 bridgehead atoms. The fourth-order valence-corrected chi connectivity index (χ4v) is 2.98. The maximum Gasteiger partial charge on any atom is 0.271 e. The van der Waals surface area contributed by atoms with Gasteiger partial charge in [-0.15, -0.1) is 0 Å². The minimum atomic E-state index is -0.472. The minimum absolute atomic E-state index is 0.0292. The molecule has 0 N–H and O–H groups in total. The number of benzene rings is 1. The zero-order valence-corrected chi connectivity index (χ0v) is 13.9. The van der Waals surface area contributed by atoms with Gasteiger partial charge in [-0.05, 0) is 53.9 Å². The molecule has 0 atom stereocenters. The SMILES string of the molecule is O=[N+]([O-])c1cc(Br)c(Oc2cncc(Br)c2)c(Br)c1. The van der Waals surface area contributed by atoms with Crippen LogP contribution in [0.3, 0.4) is 0 Å². The summed E-state index contributed by atoms with van der Waals surface area (Å²) in [5.41, 5.74) is -0.0292. The van der Waals surface area contributed by atoms with Gasteiger partial charge in [-0.25, -0.2) is 0 Å². The van der Waals surface area contributed by atoms with Crippen molar-refractivity contribution in [2.45, 2.75) is 0 Å². The molecule has 0 fully saturated rings. The molecule has 5 nitrogen and oxygen atoms in total. The Morgan fingerprint density at radius 2 is 1.74 bits per heavy atom. The standard InChI is InChI=1S/C11H5Br3N2O3/c12-6-1-8(5-15-4-6)19-11-9(13)2-7(16(17)18)3-10(11)14/h1-5H. The van der Waals surface area contributed by atoms with Gasteiger partial charge in [0.15, 0.2) is 5.75 Å². The molecule has 19 heavy (non-hydrogen) atoms. The maximum atomic E-state index is 10.7. The van der Waals surface area contributed by atoms with Crippen LogP contribution in [0.5, 0.6) is 11.5 Å². The van der Waals surface area contributed by atoms with Crippen molar-refractivity contribution >= 4 is 53.5 Å². The lowest BCUT2D eigenvalue weighted by atomic mass is 10.3. The van der Waals surface area contributed by atoms with E-state index in [1.165, 1.54) is 12.1 Å². The number of pyridine rings is 1. The first-order valence-corrected chi connectivity index (χ1v) is 7.27. The van der Waals surface area contributed by atoms with Crippen LogP contribution in [-0.2, 0) is 0 Å². The van der Waals surface area contributed by atoms with Crippen LogP contribution in [0.15, 0.2) is 44.0 Å². The van der Waals surface area contributed by atoms with E-state index in [1.54, 1.807) is 18.5 Å². The highest BCUT2D eigenvalue weighted by molar-refractivity contribution is 9.11. The second-order valence-corrected chi connectivity index (χ2v) is 6.06. The summed E-state index contributed by atoms with van der Waals surface area (Å²) in [5, 5.41) is 10.7. The highest BCUT2D eigenvalue weighted by atomic mass is 79.9. The monoisotopic (exact) mass is 450 g/mol. The average Bonchev–Trinajstić information content (AvgIpc) is 2.33. The molecule has 1 aromatic carbocycles. The number of non-ortho nitro benzene ring substituents is 1. The molecule has 0 aliphatic heterocycles. The topological polar surface area (TPSA) is 65.3 Å². The predicted octanol–water partition coefficient (Wildman–Crippen LogP) is 5.07. The van der Waals surface area contributed by atoms with Crippen LogP contribution in [-0.4, -0.2) is 9.91 Å². The third-order valence-electron chi connectivity index (χ3n) is 2.09. The molecule has 0 aliphatic rings. The number of halogens is 3. The lowest BCUT2D eigenvalue weighted by Crippen LogP contribution is -1.92. The van der Waals surface area contributed by atoms with Gasteiger partial charge in [-0.1, -0.05) is 0 Å². The van der Waals surface area contributed by atoms with E-state index >= 15 is 0 Å². The minimum Gasteiger partial charge on any atom is -0.453 e. The van der Waals surface area contributed by atoms with E-state index in [0.717, 1.165) is 4.47 Å². The number of aromatic nitrogens is 1. The van der Waals surface area contributed by atoms with Crippen molar-refractivity contribution in [3.05, 3.63) is 54.1 Å². The molecule has 0 aliphatic carbocycles. The molecular weight excluding hydrogens is 448 g/mol. The first kappa shape index (κ1) is 14.4. The first-order valence-electron chi connectivity index (χ1n) is 4.89. The van der Waals surface area contributed by atoms with E-state index in [9.17, 15) is 10.1 Å². The smallest absolute Gasteiger partial charge is 0.271 e. The summed E-state index contributed by atoms with van der Waals surface area (Å²) in [7, 11) is 0. The van der Waals surface area contributed by atoms with Crippen LogP contribution in [0.1, 0.15) is 0 Å². The van der Waals surface area contributed by atoms with E-state index in [2.05, 4.69) is 52.8 Å². The second kappa shape index (κ2) is 5.98. The van der Waals surface area contributed by atoms with Crippen LogP contribution in [0.2, 0.25) is 0 Å². The van der Waals surface area contributed by atoms with Crippen molar-refractivity contribution in [1.29, 1.82) is 0 Å². The second-order valence-electron chi connectivity index (χ2n) is 3.44. The van der Waals surface area contributed by atoms with E-state index in [1.807, 2.05) is 0 Å². The van der Waals surface area contributed by atoms with Gasteiger partial charge in [-0.3, -0.25) is 15.1 Å². The quantitative estimate of drug-likeness (QED) is 0.481. The molecule has 1 aromatic heterocycles. The van der Waals surface area contributed by atoms with E-state index in [4.69, 9.17) is 4.74 Å². The Balaban J connectivity index is 2.38. The van der Waals surface area contributed by atoms with Gasteiger partial charge in [0.1, 0.15) is 5.75 Å². The lowest BCUT2D eigenvalue weighted by Gasteiger charge is -2.09. The van der Waals surface area contributed by atoms with Crippen LogP contribution in [0.25, 0.3) is 0 Å². The zero-order chi connectivity index (χ0) is 14.0. The Hall–Kier alpha value is -0.990. The van der Waals surface area contributed by atoms with Gasteiger partial charge in [0.2, 0.25) is 0 Å². The molecule has 0 saturated carbocycles. The summed E-state index contributed by atoms with van der Waals surface area (Å²) in [6.45, 7) is 0. The molecule has 8 heteroatoms. The zero-order valence-electron chi connectivity index (χ0n) is 9.14. The third-order valence-corrected chi connectivity index (χ3v) is 3.71. The molecule has 2 rings (SSSR count). The summed E-state index contributed by atoms with van der Waals surface area (Å²) in [6.07, 6.45) is 3.18. The molecule has 0 unspecified atom stereocenters. The fraction of sp³-hybridized carbons (Fsp3) is 0. The number of nitro benzene ring substituents is 1. The molecule has 0 amide bonds. The predicted molar refractivity (Wildman–Crippen MR) is 80.5 cm³/mol. The Labute approximate surface area is 133 Å².